The number of ether oxygens (including phenoxy) is 3. The van der Waals surface area contributed by atoms with Crippen molar-refractivity contribution in [3.05, 3.63) is 96.7 Å². The van der Waals surface area contributed by atoms with Crippen LogP contribution in [0.1, 0.15) is 18.4 Å². The first kappa shape index (κ1) is 30.2. The fourth-order valence-electron chi connectivity index (χ4n) is 5.47. The van der Waals surface area contributed by atoms with Gasteiger partial charge in [0.25, 0.3) is 0 Å². The SMILES string of the molecule is CS(=O)(=O)Nc1ccc(Oc2ccc(CN3CCC(N(C(=O)Nc4ccc5c(c4)OCCO5)c4ccccc4)CC3)cn2)cc1. The quantitative estimate of drug-likeness (QED) is 0.241. The third kappa shape index (κ3) is 8.02. The number of nitrogens with zero attached hydrogens (tertiary/aromatic N) is 3. The normalized spacial score (nSPS) is 15.2. The Labute approximate surface area is 262 Å². The molecule has 2 aliphatic heterocycles. The summed E-state index contributed by atoms with van der Waals surface area (Å²) in [5.74, 6) is 2.31. The number of carbonyl (C=O) groups excluding carboxylic acids is 1. The minimum absolute atomic E-state index is 0.0359. The molecule has 0 radical (unpaired) electrons. The van der Waals surface area contributed by atoms with Crippen LogP contribution in [0.25, 0.3) is 0 Å². The topological polar surface area (TPSA) is 122 Å². The van der Waals surface area contributed by atoms with E-state index in [-0.39, 0.29) is 12.1 Å². The Balaban J connectivity index is 1.05. The van der Waals surface area contributed by atoms with Crippen molar-refractivity contribution in [3.8, 4) is 23.1 Å². The number of rotatable bonds is 9. The first-order chi connectivity index (χ1) is 21.8. The maximum absolute atomic E-state index is 13.7. The van der Waals surface area contributed by atoms with Crippen LogP contribution in [0.2, 0.25) is 0 Å². The maximum atomic E-state index is 13.7. The summed E-state index contributed by atoms with van der Waals surface area (Å²) >= 11 is 0. The predicted molar refractivity (Wildman–Crippen MR) is 173 cm³/mol. The standard InChI is InChI=1S/C33H35N5O6S/c1-45(40,41)36-25-8-11-29(12-9-25)44-32-14-7-24(22-34-32)23-37-17-15-28(16-18-37)38(27-5-3-2-4-6-27)33(39)35-26-10-13-30-31(21-26)43-20-19-42-30/h2-14,21-22,28,36H,15-20,23H2,1H3,(H,35,39). The van der Waals surface area contributed by atoms with E-state index in [1.54, 1.807) is 36.5 Å². The summed E-state index contributed by atoms with van der Waals surface area (Å²) in [6, 6.07) is 25.5. The number of likely N-dealkylation sites (tertiary alicyclic amines) is 1. The number of anilines is 3. The molecule has 45 heavy (non-hydrogen) atoms. The van der Waals surface area contributed by atoms with Gasteiger partial charge in [0.05, 0.1) is 6.26 Å². The number of aromatic nitrogens is 1. The molecule has 2 N–H and O–H groups in total. The first-order valence-corrected chi connectivity index (χ1v) is 16.7. The smallest absolute Gasteiger partial charge is 0.326 e. The van der Waals surface area contributed by atoms with Crippen molar-refractivity contribution in [1.82, 2.24) is 9.88 Å². The lowest BCUT2D eigenvalue weighted by Gasteiger charge is -2.38. The van der Waals surface area contributed by atoms with Crippen LogP contribution < -0.4 is 29.1 Å². The summed E-state index contributed by atoms with van der Waals surface area (Å²) in [5.41, 5.74) is 3.03. The van der Waals surface area contributed by atoms with Gasteiger partial charge in [0.15, 0.2) is 11.5 Å². The summed E-state index contributed by atoms with van der Waals surface area (Å²) in [6.45, 7) is 3.39. The second kappa shape index (κ2) is 13.4. The molecule has 0 saturated carbocycles. The number of sulfonamides is 1. The summed E-state index contributed by atoms with van der Waals surface area (Å²) in [7, 11) is -3.34. The molecule has 11 nitrogen and oxygen atoms in total. The zero-order chi connectivity index (χ0) is 31.2. The van der Waals surface area contributed by atoms with E-state index >= 15 is 0 Å². The molecule has 0 aliphatic carbocycles. The van der Waals surface area contributed by atoms with Crippen molar-refractivity contribution in [2.45, 2.75) is 25.4 Å². The van der Waals surface area contributed by atoms with Crippen molar-refractivity contribution in [2.24, 2.45) is 0 Å². The van der Waals surface area contributed by atoms with Crippen LogP contribution in [0.5, 0.6) is 23.1 Å². The largest absolute Gasteiger partial charge is 0.486 e. The number of fused-ring (bicyclic) bond motifs is 1. The number of carbonyl (C=O) groups is 1. The lowest BCUT2D eigenvalue weighted by atomic mass is 10.0. The average Bonchev–Trinajstić information content (AvgIpc) is 3.04. The molecule has 6 rings (SSSR count). The number of urea groups is 1. The highest BCUT2D eigenvalue weighted by Crippen LogP contribution is 2.33. The third-order valence-corrected chi connectivity index (χ3v) is 8.16. The van der Waals surface area contributed by atoms with Crippen LogP contribution in [-0.2, 0) is 16.6 Å². The van der Waals surface area contributed by atoms with Gasteiger partial charge in [0.2, 0.25) is 15.9 Å². The van der Waals surface area contributed by atoms with Crippen molar-refractivity contribution in [3.63, 3.8) is 0 Å². The van der Waals surface area contributed by atoms with Gasteiger partial charge in [-0.1, -0.05) is 24.3 Å². The molecule has 2 amide bonds. The molecule has 0 spiro atoms. The molecule has 2 aliphatic rings. The first-order valence-electron chi connectivity index (χ1n) is 14.8. The summed E-state index contributed by atoms with van der Waals surface area (Å²) in [4.78, 5) is 22.4. The highest BCUT2D eigenvalue weighted by molar-refractivity contribution is 7.92. The minimum Gasteiger partial charge on any atom is -0.486 e. The molecule has 12 heteroatoms. The van der Waals surface area contributed by atoms with Crippen molar-refractivity contribution >= 4 is 33.1 Å². The number of hydrogen-bond acceptors (Lipinski definition) is 8. The number of pyridine rings is 1. The van der Waals surface area contributed by atoms with E-state index in [0.717, 1.165) is 50.0 Å². The number of benzene rings is 3. The Bertz CT molecular complexity index is 1710. The molecule has 0 bridgehead atoms. The van der Waals surface area contributed by atoms with Crippen molar-refractivity contribution < 1.29 is 27.4 Å². The zero-order valence-electron chi connectivity index (χ0n) is 24.9. The highest BCUT2D eigenvalue weighted by atomic mass is 32.2. The third-order valence-electron chi connectivity index (χ3n) is 7.55. The van der Waals surface area contributed by atoms with E-state index in [1.807, 2.05) is 59.5 Å². The molecule has 1 saturated heterocycles. The van der Waals surface area contributed by atoms with Crippen LogP contribution in [0.4, 0.5) is 21.9 Å². The molecule has 234 valence electrons. The molecule has 3 aromatic carbocycles. The van der Waals surface area contributed by atoms with E-state index in [1.165, 1.54) is 0 Å². The molecule has 0 unspecified atom stereocenters. The monoisotopic (exact) mass is 629 g/mol. The zero-order valence-corrected chi connectivity index (χ0v) is 25.7. The number of piperidine rings is 1. The van der Waals surface area contributed by atoms with Crippen LogP contribution in [-0.4, -0.2) is 62.9 Å². The molecule has 1 aromatic heterocycles. The Morgan fingerprint density at radius 2 is 1.64 bits per heavy atom. The summed E-state index contributed by atoms with van der Waals surface area (Å²) in [5, 5.41) is 3.06. The molecule has 1 fully saturated rings. The highest BCUT2D eigenvalue weighted by Gasteiger charge is 2.29. The second-order valence-corrected chi connectivity index (χ2v) is 12.8. The number of para-hydroxylation sites is 1. The molecule has 0 atom stereocenters. The van der Waals surface area contributed by atoms with Crippen LogP contribution in [0.3, 0.4) is 0 Å². The maximum Gasteiger partial charge on any atom is 0.326 e. The average molecular weight is 630 g/mol. The Morgan fingerprint density at radius 3 is 2.33 bits per heavy atom. The van der Waals surface area contributed by atoms with Crippen molar-refractivity contribution in [2.75, 3.05) is 47.5 Å². The van der Waals surface area contributed by atoms with Crippen LogP contribution in [0, 0.1) is 0 Å². The van der Waals surface area contributed by atoms with Crippen molar-refractivity contribution in [1.29, 1.82) is 0 Å². The van der Waals surface area contributed by atoms with E-state index < -0.39 is 10.0 Å². The molecular formula is C33H35N5O6S. The lowest BCUT2D eigenvalue weighted by molar-refractivity contribution is 0.171. The Hall–Kier alpha value is -4.81. The van der Waals surface area contributed by atoms with Gasteiger partial charge in [-0.15, -0.1) is 0 Å². The van der Waals surface area contributed by atoms with Gasteiger partial charge in [0.1, 0.15) is 19.0 Å². The fourth-order valence-corrected chi connectivity index (χ4v) is 6.04. The van der Waals surface area contributed by atoms with Gasteiger partial charge in [-0.2, -0.15) is 0 Å². The number of hydrogen-bond donors (Lipinski definition) is 2. The van der Waals surface area contributed by atoms with Gasteiger partial charge in [-0.25, -0.2) is 18.2 Å². The second-order valence-electron chi connectivity index (χ2n) is 11.0. The summed E-state index contributed by atoms with van der Waals surface area (Å²) < 4.78 is 42.4. The predicted octanol–water partition coefficient (Wildman–Crippen LogP) is 5.72. The summed E-state index contributed by atoms with van der Waals surface area (Å²) in [6.07, 6.45) is 4.55. The van der Waals surface area contributed by atoms with Gasteiger partial charge >= 0.3 is 6.03 Å². The minimum atomic E-state index is -3.34. The van der Waals surface area contributed by atoms with Gasteiger partial charge < -0.3 is 19.5 Å². The Morgan fingerprint density at radius 1 is 0.933 bits per heavy atom. The van der Waals surface area contributed by atoms with Crippen LogP contribution in [0.15, 0.2) is 91.1 Å². The van der Waals surface area contributed by atoms with Gasteiger partial charge in [-0.05, 0) is 66.9 Å². The number of amides is 2. The van der Waals surface area contributed by atoms with E-state index in [9.17, 15) is 13.2 Å². The lowest BCUT2D eigenvalue weighted by Crippen LogP contribution is -2.49. The van der Waals surface area contributed by atoms with E-state index in [2.05, 4.69) is 19.9 Å². The van der Waals surface area contributed by atoms with Crippen LogP contribution >= 0.6 is 0 Å². The van der Waals surface area contributed by atoms with E-state index in [0.29, 0.717) is 47.7 Å². The Kier molecular flexibility index (Phi) is 9.03. The van der Waals surface area contributed by atoms with Gasteiger partial charge in [0, 0.05) is 61.1 Å². The molecule has 4 aromatic rings. The molecule has 3 heterocycles. The van der Waals surface area contributed by atoms with E-state index in [4.69, 9.17) is 14.2 Å². The van der Waals surface area contributed by atoms with Gasteiger partial charge in [-0.3, -0.25) is 14.5 Å². The number of nitrogens with one attached hydrogen (secondary N) is 2. The fraction of sp³-hybridized carbons (Fsp3) is 0.273. The molecular weight excluding hydrogens is 594 g/mol.